The molecule has 0 saturated heterocycles. The van der Waals surface area contributed by atoms with Crippen LogP contribution in [-0.4, -0.2) is 30.5 Å². The van der Waals surface area contributed by atoms with E-state index >= 15 is 0 Å². The number of carbonyl (C=O) groups is 2. The van der Waals surface area contributed by atoms with Crippen molar-refractivity contribution in [3.63, 3.8) is 0 Å². The van der Waals surface area contributed by atoms with E-state index in [4.69, 9.17) is 9.47 Å². The van der Waals surface area contributed by atoms with E-state index in [1.807, 2.05) is 0 Å². The van der Waals surface area contributed by atoms with Crippen molar-refractivity contribution >= 4 is 17.5 Å². The highest BCUT2D eigenvalue weighted by Gasteiger charge is 2.07. The molecule has 160 valence electrons. The van der Waals surface area contributed by atoms with Crippen LogP contribution in [0.25, 0.3) is 0 Å². The van der Waals surface area contributed by atoms with Crippen molar-refractivity contribution in [3.05, 3.63) is 78.2 Å². The Morgan fingerprint density at radius 2 is 1.68 bits per heavy atom. The number of carbonyl (C=O) groups excluding carboxylic acids is 2. The molecule has 0 bridgehead atoms. The van der Waals surface area contributed by atoms with Crippen molar-refractivity contribution in [1.29, 1.82) is 0 Å². The summed E-state index contributed by atoms with van der Waals surface area (Å²) in [6.45, 7) is 0.376. The van der Waals surface area contributed by atoms with Crippen molar-refractivity contribution in [3.8, 4) is 17.4 Å². The van der Waals surface area contributed by atoms with Gasteiger partial charge in [-0.3, -0.25) is 9.59 Å². The summed E-state index contributed by atoms with van der Waals surface area (Å²) < 4.78 is 23.5. The third kappa shape index (κ3) is 6.81. The van der Waals surface area contributed by atoms with E-state index in [0.29, 0.717) is 41.6 Å². The molecular formula is C23H22FN3O4. The molecule has 2 amide bonds. The minimum absolute atomic E-state index is 0.187. The third-order valence-electron chi connectivity index (χ3n) is 4.27. The zero-order valence-corrected chi connectivity index (χ0v) is 16.9. The first kappa shape index (κ1) is 21.8. The number of benzene rings is 2. The molecule has 0 fully saturated rings. The summed E-state index contributed by atoms with van der Waals surface area (Å²) in [6, 6.07) is 15.6. The molecule has 2 aromatic carbocycles. The van der Waals surface area contributed by atoms with Crippen molar-refractivity contribution in [1.82, 2.24) is 10.3 Å². The van der Waals surface area contributed by atoms with Crippen LogP contribution in [0.15, 0.2) is 66.9 Å². The lowest BCUT2D eigenvalue weighted by Crippen LogP contribution is -2.25. The number of hydrogen-bond donors (Lipinski definition) is 2. The molecule has 7 nitrogen and oxygen atoms in total. The number of hydrogen-bond acceptors (Lipinski definition) is 5. The molecule has 0 aliphatic rings. The number of amides is 2. The summed E-state index contributed by atoms with van der Waals surface area (Å²) >= 11 is 0. The SMILES string of the molecule is COc1ccc(C(=O)NCCCC(=O)Nc2ccc(Oc3ccc(F)cc3)nc2)cc1. The van der Waals surface area contributed by atoms with E-state index in [-0.39, 0.29) is 24.1 Å². The van der Waals surface area contributed by atoms with E-state index in [1.165, 1.54) is 30.5 Å². The number of pyridine rings is 1. The van der Waals surface area contributed by atoms with Gasteiger partial charge in [0.15, 0.2) is 0 Å². The van der Waals surface area contributed by atoms with Crippen LogP contribution < -0.4 is 20.1 Å². The molecular weight excluding hydrogens is 401 g/mol. The number of anilines is 1. The monoisotopic (exact) mass is 423 g/mol. The van der Waals surface area contributed by atoms with Crippen LogP contribution in [0.1, 0.15) is 23.2 Å². The predicted molar refractivity (Wildman–Crippen MR) is 114 cm³/mol. The minimum Gasteiger partial charge on any atom is -0.497 e. The lowest BCUT2D eigenvalue weighted by Gasteiger charge is -2.08. The maximum absolute atomic E-state index is 12.9. The topological polar surface area (TPSA) is 89.5 Å². The van der Waals surface area contributed by atoms with Gasteiger partial charge in [-0.1, -0.05) is 0 Å². The molecule has 8 heteroatoms. The first-order chi connectivity index (χ1) is 15.0. The second kappa shape index (κ2) is 10.7. The Morgan fingerprint density at radius 1 is 0.968 bits per heavy atom. The Bertz CT molecular complexity index is 1010. The highest BCUT2D eigenvalue weighted by molar-refractivity contribution is 5.94. The van der Waals surface area contributed by atoms with Gasteiger partial charge in [0, 0.05) is 24.6 Å². The van der Waals surface area contributed by atoms with Crippen molar-refractivity contribution in [2.45, 2.75) is 12.8 Å². The largest absolute Gasteiger partial charge is 0.497 e. The standard InChI is InChI=1S/C23H22FN3O4/c1-30-19-9-4-16(5-10-19)23(29)25-14-2-3-21(28)27-18-8-13-22(26-15-18)31-20-11-6-17(24)7-12-20/h4-13,15H,2-3,14H2,1H3,(H,25,29)(H,27,28). The van der Waals surface area contributed by atoms with Crippen LogP contribution in [0.5, 0.6) is 17.4 Å². The van der Waals surface area contributed by atoms with Gasteiger partial charge in [-0.05, 0) is 61.0 Å². The van der Waals surface area contributed by atoms with Crippen LogP contribution in [0.4, 0.5) is 10.1 Å². The highest BCUT2D eigenvalue weighted by atomic mass is 19.1. The fourth-order valence-electron chi connectivity index (χ4n) is 2.66. The molecule has 3 aromatic rings. The summed E-state index contributed by atoms with van der Waals surface area (Å²) in [5, 5.41) is 5.52. The number of rotatable bonds is 9. The zero-order valence-electron chi connectivity index (χ0n) is 16.9. The number of nitrogens with one attached hydrogen (secondary N) is 2. The molecule has 0 atom stereocenters. The van der Waals surface area contributed by atoms with Gasteiger partial charge in [0.25, 0.3) is 5.91 Å². The van der Waals surface area contributed by atoms with Crippen molar-refractivity contribution in [2.75, 3.05) is 19.0 Å². The van der Waals surface area contributed by atoms with Crippen LogP contribution in [-0.2, 0) is 4.79 Å². The number of nitrogens with zero attached hydrogens (tertiary/aromatic N) is 1. The van der Waals surface area contributed by atoms with Gasteiger partial charge >= 0.3 is 0 Å². The fourth-order valence-corrected chi connectivity index (χ4v) is 2.66. The first-order valence-corrected chi connectivity index (χ1v) is 9.65. The van der Waals surface area contributed by atoms with Gasteiger partial charge in [-0.2, -0.15) is 0 Å². The average molecular weight is 423 g/mol. The minimum atomic E-state index is -0.348. The van der Waals surface area contributed by atoms with Gasteiger partial charge in [0.05, 0.1) is 19.0 Å². The molecule has 0 unspecified atom stereocenters. The van der Waals surface area contributed by atoms with E-state index in [1.54, 1.807) is 43.5 Å². The van der Waals surface area contributed by atoms with Gasteiger partial charge in [-0.25, -0.2) is 9.37 Å². The molecule has 31 heavy (non-hydrogen) atoms. The Hall–Kier alpha value is -3.94. The number of aromatic nitrogens is 1. The molecule has 2 N–H and O–H groups in total. The quantitative estimate of drug-likeness (QED) is 0.504. The maximum Gasteiger partial charge on any atom is 0.251 e. The lowest BCUT2D eigenvalue weighted by molar-refractivity contribution is -0.116. The summed E-state index contributed by atoms with van der Waals surface area (Å²) in [5.74, 6) is 0.723. The van der Waals surface area contributed by atoms with E-state index in [9.17, 15) is 14.0 Å². The molecule has 0 radical (unpaired) electrons. The molecule has 0 aliphatic heterocycles. The Labute approximate surface area is 179 Å². The van der Waals surface area contributed by atoms with Gasteiger partial charge < -0.3 is 20.1 Å². The molecule has 0 saturated carbocycles. The number of ether oxygens (including phenoxy) is 2. The predicted octanol–water partition coefficient (Wildman–Crippen LogP) is 4.17. The summed E-state index contributed by atoms with van der Waals surface area (Å²) in [6.07, 6.45) is 2.21. The zero-order chi connectivity index (χ0) is 22.1. The summed E-state index contributed by atoms with van der Waals surface area (Å²) in [5.41, 5.74) is 1.05. The highest BCUT2D eigenvalue weighted by Crippen LogP contribution is 2.20. The summed E-state index contributed by atoms with van der Waals surface area (Å²) in [4.78, 5) is 28.3. The van der Waals surface area contributed by atoms with Crippen LogP contribution in [0.3, 0.4) is 0 Å². The normalized spacial score (nSPS) is 10.3. The number of methoxy groups -OCH3 is 1. The second-order valence-corrected chi connectivity index (χ2v) is 6.58. The Balaban J connectivity index is 1.38. The Kier molecular flexibility index (Phi) is 7.53. The molecule has 0 aliphatic carbocycles. The van der Waals surface area contributed by atoms with Crippen LogP contribution in [0, 0.1) is 5.82 Å². The maximum atomic E-state index is 12.9. The molecule has 1 aromatic heterocycles. The van der Waals surface area contributed by atoms with Crippen LogP contribution in [0.2, 0.25) is 0 Å². The first-order valence-electron chi connectivity index (χ1n) is 9.65. The van der Waals surface area contributed by atoms with E-state index in [0.717, 1.165) is 0 Å². The second-order valence-electron chi connectivity index (χ2n) is 6.58. The van der Waals surface area contributed by atoms with Gasteiger partial charge in [0.2, 0.25) is 11.8 Å². The lowest BCUT2D eigenvalue weighted by atomic mass is 10.2. The molecule has 0 spiro atoms. The van der Waals surface area contributed by atoms with Crippen molar-refractivity contribution < 1.29 is 23.5 Å². The molecule has 1 heterocycles. The average Bonchev–Trinajstić information content (AvgIpc) is 2.79. The van der Waals surface area contributed by atoms with Crippen LogP contribution >= 0.6 is 0 Å². The summed E-state index contributed by atoms with van der Waals surface area (Å²) in [7, 11) is 1.56. The fraction of sp³-hybridized carbons (Fsp3) is 0.174. The van der Waals surface area contributed by atoms with E-state index in [2.05, 4.69) is 15.6 Å². The smallest absolute Gasteiger partial charge is 0.251 e. The number of halogens is 1. The van der Waals surface area contributed by atoms with E-state index < -0.39 is 0 Å². The Morgan fingerprint density at radius 3 is 2.32 bits per heavy atom. The van der Waals surface area contributed by atoms with Gasteiger partial charge in [0.1, 0.15) is 17.3 Å². The van der Waals surface area contributed by atoms with Crippen molar-refractivity contribution in [2.24, 2.45) is 0 Å². The van der Waals surface area contributed by atoms with Gasteiger partial charge in [-0.15, -0.1) is 0 Å². The third-order valence-corrected chi connectivity index (χ3v) is 4.27. The molecule has 3 rings (SSSR count).